The molecule has 0 bridgehead atoms. The lowest BCUT2D eigenvalue weighted by molar-refractivity contribution is -0.119. The number of benzene rings is 2. The highest BCUT2D eigenvalue weighted by Gasteiger charge is 2.66. The van der Waals surface area contributed by atoms with E-state index in [0.717, 1.165) is 62.5 Å². The maximum atomic E-state index is 13.8. The fourth-order valence-corrected chi connectivity index (χ4v) is 8.62. The van der Waals surface area contributed by atoms with Gasteiger partial charge in [0.05, 0.1) is 12.4 Å². The molecule has 2 aromatic carbocycles. The fraction of sp³-hybridized carbons (Fsp3) is 0.523. The Morgan fingerprint density at radius 2 is 1.89 bits per heavy atom. The van der Waals surface area contributed by atoms with E-state index in [1.54, 1.807) is 6.08 Å². The molecule has 1 amide bonds. The molecule has 4 aliphatic rings. The van der Waals surface area contributed by atoms with Crippen molar-refractivity contribution < 1.29 is 9.53 Å². The monoisotopic (exact) mass is 747 g/mol. The highest BCUT2D eigenvalue weighted by molar-refractivity contribution is 6.08. The summed E-state index contributed by atoms with van der Waals surface area (Å²) in [5.41, 5.74) is 12.2. The third-order valence-corrected chi connectivity index (χ3v) is 12.4. The largest absolute Gasteiger partial charge is 0.484 e. The zero-order valence-corrected chi connectivity index (χ0v) is 33.6. The Balaban J connectivity index is 1.03. The number of piperidine rings is 1. The van der Waals surface area contributed by atoms with Crippen molar-refractivity contribution in [2.45, 2.75) is 116 Å². The smallest absolute Gasteiger partial charge is 0.244 e. The third kappa shape index (κ3) is 8.69. The molecule has 294 valence electrons. The standard InChI is InChI=1S/C44H61N9O2/c1-7-51(6)26-30-15-17-31(18-16-30)47-38(24-37(45)43(3,4)5)48-42(54)41-40(49-41)35-25-44(35)22-21-36(33-13-8-9-14-34(33)44)55-32-19-20-39(50-46)53(27-32)28-52-23-11-10-12-29(52)2/h8-9,13-20,24,27,29,35-36,40-41,49H,7,10-12,21-23,25-26,28,45-46H2,1-6H3,(H,47,48,54). The van der Waals surface area contributed by atoms with Gasteiger partial charge in [-0.25, -0.2) is 4.99 Å². The molecule has 0 radical (unpaired) electrons. The second kappa shape index (κ2) is 16.0. The number of aromatic nitrogens is 1. The van der Waals surface area contributed by atoms with E-state index in [0.29, 0.717) is 23.5 Å². The number of amides is 1. The summed E-state index contributed by atoms with van der Waals surface area (Å²) in [7, 11) is 2.10. The van der Waals surface area contributed by atoms with Crippen molar-refractivity contribution in [3.8, 4) is 5.75 Å². The van der Waals surface area contributed by atoms with Crippen molar-refractivity contribution in [3.05, 3.63) is 101 Å². The van der Waals surface area contributed by atoms with Crippen molar-refractivity contribution in [1.82, 2.24) is 25.0 Å². The van der Waals surface area contributed by atoms with Gasteiger partial charge in [-0.2, -0.15) is 5.10 Å². The molecule has 6 atom stereocenters. The predicted octanol–water partition coefficient (Wildman–Crippen LogP) is 5.79. The number of nitrogens with zero attached hydrogens (tertiary/aromatic N) is 5. The van der Waals surface area contributed by atoms with Crippen LogP contribution in [-0.2, 0) is 23.4 Å². The molecule has 3 heterocycles. The number of hydrogen-bond donors (Lipinski definition) is 4. The molecule has 1 aromatic heterocycles. The summed E-state index contributed by atoms with van der Waals surface area (Å²) in [5.74, 6) is 7.37. The first-order valence-corrected chi connectivity index (χ1v) is 20.2. The van der Waals surface area contributed by atoms with Crippen LogP contribution in [0.2, 0.25) is 0 Å². The number of rotatable bonds is 11. The van der Waals surface area contributed by atoms with Crippen LogP contribution in [0.5, 0.6) is 5.75 Å². The number of allylic oxidation sites excluding steroid dienone is 1. The minimum Gasteiger partial charge on any atom is -0.484 e. The Bertz CT molecular complexity index is 1980. The molecule has 2 aliphatic carbocycles. The number of pyridine rings is 1. The molecule has 3 aromatic rings. The van der Waals surface area contributed by atoms with E-state index in [1.807, 2.05) is 24.3 Å². The van der Waals surface area contributed by atoms with Gasteiger partial charge in [-0.05, 0) is 99.5 Å². The van der Waals surface area contributed by atoms with E-state index >= 15 is 0 Å². The summed E-state index contributed by atoms with van der Waals surface area (Å²) < 4.78 is 8.89. The van der Waals surface area contributed by atoms with Gasteiger partial charge in [-0.3, -0.25) is 15.0 Å². The number of carbonyl (C=O) groups is 1. The first kappa shape index (κ1) is 38.8. The lowest BCUT2D eigenvalue weighted by Gasteiger charge is -2.34. The number of carbonyl (C=O) groups excluding carboxylic acids is 1. The highest BCUT2D eigenvalue weighted by Crippen LogP contribution is 2.65. The van der Waals surface area contributed by atoms with Gasteiger partial charge in [0.25, 0.3) is 0 Å². The van der Waals surface area contributed by atoms with Crippen LogP contribution in [0.25, 0.3) is 0 Å². The second-order valence-electron chi connectivity index (χ2n) is 17.3. The molecule has 1 spiro atoms. The maximum absolute atomic E-state index is 13.8. The van der Waals surface area contributed by atoms with E-state index in [2.05, 4.69) is 114 Å². The molecular weight excluding hydrogens is 687 g/mol. The summed E-state index contributed by atoms with van der Waals surface area (Å²) in [4.78, 5) is 23.4. The number of ether oxygens (including phenoxy) is 1. The number of amidine groups is 1. The molecule has 6 unspecified atom stereocenters. The van der Waals surface area contributed by atoms with Gasteiger partial charge in [-0.1, -0.05) is 70.5 Å². The lowest BCUT2D eigenvalue weighted by Crippen LogP contribution is -2.41. The number of aliphatic imine (C=N–C) groups is 1. The first-order valence-electron chi connectivity index (χ1n) is 20.2. The molecule has 11 heteroatoms. The van der Waals surface area contributed by atoms with Gasteiger partial charge in [-0.15, -0.1) is 0 Å². The van der Waals surface area contributed by atoms with Crippen molar-refractivity contribution in [1.29, 1.82) is 0 Å². The van der Waals surface area contributed by atoms with Gasteiger partial charge in [0.15, 0.2) is 5.49 Å². The second-order valence-corrected chi connectivity index (χ2v) is 17.3. The van der Waals surface area contributed by atoms with Crippen LogP contribution in [0.3, 0.4) is 0 Å². The van der Waals surface area contributed by atoms with Crippen molar-refractivity contribution in [3.63, 3.8) is 0 Å². The van der Waals surface area contributed by atoms with Gasteiger partial charge in [0.1, 0.15) is 23.7 Å². The zero-order valence-electron chi connectivity index (χ0n) is 33.6. The normalized spacial score (nSPS) is 27.3. The van der Waals surface area contributed by atoms with Gasteiger partial charge >= 0.3 is 0 Å². The zero-order chi connectivity index (χ0) is 38.9. The third-order valence-electron chi connectivity index (χ3n) is 12.4. The molecule has 11 nitrogen and oxygen atoms in total. The van der Waals surface area contributed by atoms with Crippen molar-refractivity contribution in [2.24, 2.45) is 33.0 Å². The Labute approximate surface area is 326 Å². The summed E-state index contributed by atoms with van der Waals surface area (Å²) in [5, 5.41) is 10.7. The predicted molar refractivity (Wildman–Crippen MR) is 219 cm³/mol. The number of fused-ring (bicyclic) bond motifs is 2. The fourth-order valence-electron chi connectivity index (χ4n) is 8.62. The summed E-state index contributed by atoms with van der Waals surface area (Å²) in [6.07, 6.45) is 10.5. The Hall–Kier alpha value is -4.45. The van der Waals surface area contributed by atoms with Crippen LogP contribution in [0.1, 0.15) is 95.9 Å². The summed E-state index contributed by atoms with van der Waals surface area (Å²) in [6.45, 7) is 14.3. The Morgan fingerprint density at radius 1 is 1.11 bits per heavy atom. The lowest BCUT2D eigenvalue weighted by atomic mass is 9.76. The van der Waals surface area contributed by atoms with Gasteiger partial charge in [0.2, 0.25) is 5.91 Å². The van der Waals surface area contributed by atoms with E-state index < -0.39 is 0 Å². The average molecular weight is 748 g/mol. The SMILES string of the molecule is CCN(C)Cc1ccc(N=C(C=C(N)C(C)(C)C)NC(=O)C2NC2C2CC23CCC(Oc2ccc(=NN)n(CN4CCCCC4C)c2)c2ccccc23)cc1. The van der Waals surface area contributed by atoms with Crippen molar-refractivity contribution >= 4 is 17.4 Å². The number of likely N-dealkylation sites (tertiary alicyclic amines) is 1. The number of hydrogen-bond acceptors (Lipinski definition) is 9. The molecule has 1 saturated carbocycles. The average Bonchev–Trinajstić information content (AvgIpc) is 4.10. The van der Waals surface area contributed by atoms with E-state index in [9.17, 15) is 4.79 Å². The minimum absolute atomic E-state index is 0.0385. The summed E-state index contributed by atoms with van der Waals surface area (Å²) in [6, 6.07) is 21.2. The van der Waals surface area contributed by atoms with Crippen LogP contribution in [0, 0.1) is 11.3 Å². The molecule has 6 N–H and O–H groups in total. The van der Waals surface area contributed by atoms with Crippen LogP contribution < -0.4 is 32.4 Å². The quantitative estimate of drug-likeness (QED) is 0.0638. The van der Waals surface area contributed by atoms with Crippen LogP contribution in [0.15, 0.2) is 88.7 Å². The molecular formula is C44H61N9O2. The minimum atomic E-state index is -0.281. The van der Waals surface area contributed by atoms with E-state index in [-0.39, 0.29) is 34.9 Å². The maximum Gasteiger partial charge on any atom is 0.244 e. The van der Waals surface area contributed by atoms with Gasteiger partial charge < -0.3 is 31.1 Å². The molecule has 2 saturated heterocycles. The Morgan fingerprint density at radius 3 is 2.62 bits per heavy atom. The molecule has 2 aliphatic heterocycles. The van der Waals surface area contributed by atoms with Crippen LogP contribution >= 0.6 is 0 Å². The van der Waals surface area contributed by atoms with Crippen molar-refractivity contribution in [2.75, 3.05) is 20.1 Å². The van der Waals surface area contributed by atoms with Gasteiger partial charge in [0, 0.05) is 54.0 Å². The van der Waals surface area contributed by atoms with Crippen LogP contribution in [-0.4, -0.2) is 64.4 Å². The molecule has 3 fully saturated rings. The number of nitrogens with two attached hydrogens (primary N) is 2. The Kier molecular flexibility index (Phi) is 11.3. The molecule has 7 rings (SSSR count). The highest BCUT2D eigenvalue weighted by atomic mass is 16.5. The van der Waals surface area contributed by atoms with E-state index in [4.69, 9.17) is 21.3 Å². The number of nitrogens with one attached hydrogen (secondary N) is 2. The topological polar surface area (TPSA) is 148 Å². The first-order chi connectivity index (χ1) is 26.4. The van der Waals surface area contributed by atoms with Crippen LogP contribution in [0.4, 0.5) is 5.69 Å². The molecule has 55 heavy (non-hydrogen) atoms. The summed E-state index contributed by atoms with van der Waals surface area (Å²) >= 11 is 0. The van der Waals surface area contributed by atoms with E-state index in [1.165, 1.54) is 36.0 Å².